The van der Waals surface area contributed by atoms with Crippen LogP contribution < -0.4 is 4.74 Å². The zero-order chi connectivity index (χ0) is 20.7. The highest BCUT2D eigenvalue weighted by Gasteiger charge is 2.32. The van der Waals surface area contributed by atoms with Gasteiger partial charge in [-0.2, -0.15) is 0 Å². The Morgan fingerprint density at radius 3 is 2.50 bits per heavy atom. The van der Waals surface area contributed by atoms with E-state index in [1.54, 1.807) is 22.9 Å². The zero-order valence-electron chi connectivity index (χ0n) is 15.8. The first-order valence-electron chi connectivity index (χ1n) is 9.58. The van der Waals surface area contributed by atoms with Gasteiger partial charge in [-0.25, -0.2) is 15.0 Å². The number of hydrogen-bond donors (Lipinski definition) is 0. The average Bonchev–Trinajstić information content (AvgIpc) is 3.51. The van der Waals surface area contributed by atoms with E-state index in [2.05, 4.69) is 19.7 Å². The molecule has 8 heteroatoms. The smallest absolute Gasteiger partial charge is 0.405 e. The van der Waals surface area contributed by atoms with Crippen molar-refractivity contribution >= 4 is 11.0 Å². The van der Waals surface area contributed by atoms with Crippen molar-refractivity contribution in [3.8, 4) is 17.1 Å². The van der Waals surface area contributed by atoms with Gasteiger partial charge < -0.3 is 9.30 Å². The topological polar surface area (TPSA) is 52.8 Å². The summed E-state index contributed by atoms with van der Waals surface area (Å²) in [5, 5.41) is 0.839. The molecule has 5 nitrogen and oxygen atoms in total. The highest BCUT2D eigenvalue weighted by atomic mass is 19.4. The van der Waals surface area contributed by atoms with Crippen LogP contribution in [-0.4, -0.2) is 25.9 Å². The molecule has 4 aromatic rings. The summed E-state index contributed by atoms with van der Waals surface area (Å²) in [5.41, 5.74) is 2.96. The fourth-order valence-electron chi connectivity index (χ4n) is 3.57. The van der Waals surface area contributed by atoms with Crippen molar-refractivity contribution in [2.45, 2.75) is 31.7 Å². The first-order chi connectivity index (χ1) is 14.5. The number of alkyl halides is 3. The molecule has 0 saturated heterocycles. The highest BCUT2D eigenvalue weighted by Crippen LogP contribution is 2.39. The van der Waals surface area contributed by atoms with Crippen molar-refractivity contribution in [1.29, 1.82) is 0 Å². The fourth-order valence-corrected chi connectivity index (χ4v) is 3.57. The number of halogens is 3. The van der Waals surface area contributed by atoms with Crippen LogP contribution in [0.5, 0.6) is 5.75 Å². The number of rotatable bonds is 5. The first kappa shape index (κ1) is 18.6. The maximum atomic E-state index is 12.8. The molecule has 5 rings (SSSR count). The molecule has 3 aromatic heterocycles. The van der Waals surface area contributed by atoms with Gasteiger partial charge in [-0.15, -0.1) is 13.2 Å². The van der Waals surface area contributed by atoms with Gasteiger partial charge in [-0.05, 0) is 42.5 Å². The minimum Gasteiger partial charge on any atom is -0.405 e. The van der Waals surface area contributed by atoms with E-state index in [1.807, 2.05) is 30.7 Å². The van der Waals surface area contributed by atoms with E-state index in [9.17, 15) is 13.2 Å². The normalized spacial score (nSPS) is 14.2. The van der Waals surface area contributed by atoms with Crippen LogP contribution in [0, 0.1) is 0 Å². The Labute approximate surface area is 170 Å². The van der Waals surface area contributed by atoms with Gasteiger partial charge in [0.25, 0.3) is 0 Å². The molecule has 30 heavy (non-hydrogen) atoms. The maximum Gasteiger partial charge on any atom is 0.573 e. The van der Waals surface area contributed by atoms with Gasteiger partial charge in [-0.3, -0.25) is 0 Å². The molecule has 0 amide bonds. The van der Waals surface area contributed by atoms with Crippen LogP contribution in [0.25, 0.3) is 22.4 Å². The largest absolute Gasteiger partial charge is 0.573 e. The summed E-state index contributed by atoms with van der Waals surface area (Å²) in [4.78, 5) is 13.5. The lowest BCUT2D eigenvalue weighted by Gasteiger charge is -2.13. The lowest BCUT2D eigenvalue weighted by Crippen LogP contribution is -2.18. The van der Waals surface area contributed by atoms with Gasteiger partial charge in [0.15, 0.2) is 5.82 Å². The molecule has 1 saturated carbocycles. The molecule has 152 valence electrons. The molecular weight excluding hydrogens is 393 g/mol. The number of nitrogens with zero attached hydrogens (tertiary/aromatic N) is 4. The zero-order valence-corrected chi connectivity index (χ0v) is 15.8. The van der Waals surface area contributed by atoms with Crippen molar-refractivity contribution in [3.63, 3.8) is 0 Å². The summed E-state index contributed by atoms with van der Waals surface area (Å²) in [5.74, 6) is 0.900. The molecule has 0 radical (unpaired) electrons. The van der Waals surface area contributed by atoms with Crippen molar-refractivity contribution < 1.29 is 17.9 Å². The molecule has 0 aliphatic heterocycles. The number of fused-ring (bicyclic) bond motifs is 1. The van der Waals surface area contributed by atoms with Crippen molar-refractivity contribution in [1.82, 2.24) is 19.5 Å². The number of para-hydroxylation sites is 1. The fraction of sp³-hybridized carbons (Fsp3) is 0.227. The summed E-state index contributed by atoms with van der Waals surface area (Å²) in [6, 6.07) is 9.83. The van der Waals surface area contributed by atoms with E-state index in [0.717, 1.165) is 16.5 Å². The number of ether oxygens (including phenoxy) is 1. The molecule has 1 fully saturated rings. The Kier molecular flexibility index (Phi) is 4.42. The van der Waals surface area contributed by atoms with Crippen LogP contribution in [-0.2, 0) is 6.54 Å². The van der Waals surface area contributed by atoms with E-state index in [4.69, 9.17) is 0 Å². The number of benzene rings is 1. The summed E-state index contributed by atoms with van der Waals surface area (Å²) in [6.45, 7) is 0.167. The standard InChI is InChI=1S/C22H17F3N4O/c23-22(24,25)30-19-6-2-1-4-15(19)12-29-13-18(17-5-3-9-26-21(17)29)20-27-10-16(11-28-20)14-7-8-14/h1-6,9-11,13-14H,7-8,12H2. The third kappa shape index (κ3) is 3.72. The SMILES string of the molecule is FC(F)(F)Oc1ccccc1Cn1cc(-c2ncc(C3CC3)cn2)c2cccnc21. The summed E-state index contributed by atoms with van der Waals surface area (Å²) < 4.78 is 44.3. The second-order valence-corrected chi connectivity index (χ2v) is 7.32. The highest BCUT2D eigenvalue weighted by molar-refractivity contribution is 5.92. The van der Waals surface area contributed by atoms with Crippen LogP contribution in [0.1, 0.15) is 29.9 Å². The van der Waals surface area contributed by atoms with Crippen molar-refractivity contribution in [2.75, 3.05) is 0 Å². The van der Waals surface area contributed by atoms with Gasteiger partial charge in [-0.1, -0.05) is 18.2 Å². The van der Waals surface area contributed by atoms with Gasteiger partial charge in [0, 0.05) is 41.3 Å². The Balaban J connectivity index is 1.53. The molecule has 0 atom stereocenters. The first-order valence-corrected chi connectivity index (χ1v) is 9.58. The van der Waals surface area contributed by atoms with Crippen molar-refractivity contribution in [2.24, 2.45) is 0 Å². The Morgan fingerprint density at radius 1 is 1.00 bits per heavy atom. The summed E-state index contributed by atoms with van der Waals surface area (Å²) in [6.07, 6.45) is 4.77. The Bertz CT molecular complexity index is 1200. The van der Waals surface area contributed by atoms with Gasteiger partial charge in [0.05, 0.1) is 6.54 Å². The number of hydrogen-bond acceptors (Lipinski definition) is 4. The predicted molar refractivity (Wildman–Crippen MR) is 105 cm³/mol. The third-order valence-electron chi connectivity index (χ3n) is 5.13. The minimum atomic E-state index is -4.75. The molecule has 0 unspecified atom stereocenters. The van der Waals surface area contributed by atoms with Crippen LogP contribution in [0.3, 0.4) is 0 Å². The minimum absolute atomic E-state index is 0.167. The molecule has 0 bridgehead atoms. The monoisotopic (exact) mass is 410 g/mol. The molecule has 0 N–H and O–H groups in total. The van der Waals surface area contributed by atoms with E-state index >= 15 is 0 Å². The lowest BCUT2D eigenvalue weighted by atomic mass is 10.2. The lowest BCUT2D eigenvalue weighted by molar-refractivity contribution is -0.274. The second-order valence-electron chi connectivity index (χ2n) is 7.32. The average molecular weight is 410 g/mol. The van der Waals surface area contributed by atoms with Gasteiger partial charge in [0.1, 0.15) is 11.4 Å². The van der Waals surface area contributed by atoms with E-state index in [0.29, 0.717) is 23.0 Å². The van der Waals surface area contributed by atoms with Crippen molar-refractivity contribution in [3.05, 3.63) is 72.3 Å². The van der Waals surface area contributed by atoms with Crippen LogP contribution in [0.4, 0.5) is 13.2 Å². The molecule has 3 heterocycles. The van der Waals surface area contributed by atoms with Crippen LogP contribution in [0.15, 0.2) is 61.2 Å². The molecule has 0 spiro atoms. The molecule has 1 aliphatic carbocycles. The predicted octanol–water partition coefficient (Wildman–Crippen LogP) is 5.32. The molecule has 1 aromatic carbocycles. The van der Waals surface area contributed by atoms with E-state index < -0.39 is 6.36 Å². The summed E-state index contributed by atoms with van der Waals surface area (Å²) >= 11 is 0. The Hall–Kier alpha value is -3.42. The van der Waals surface area contributed by atoms with Gasteiger partial charge >= 0.3 is 6.36 Å². The molecular formula is C22H17F3N4O. The maximum absolute atomic E-state index is 12.8. The molecule has 1 aliphatic rings. The van der Waals surface area contributed by atoms with Crippen LogP contribution >= 0.6 is 0 Å². The van der Waals surface area contributed by atoms with E-state index in [1.165, 1.54) is 25.0 Å². The quantitative estimate of drug-likeness (QED) is 0.447. The third-order valence-corrected chi connectivity index (χ3v) is 5.13. The van der Waals surface area contributed by atoms with Crippen LogP contribution in [0.2, 0.25) is 0 Å². The second kappa shape index (κ2) is 7.12. The number of aromatic nitrogens is 4. The summed E-state index contributed by atoms with van der Waals surface area (Å²) in [7, 11) is 0. The van der Waals surface area contributed by atoms with Gasteiger partial charge in [0.2, 0.25) is 0 Å². The van der Waals surface area contributed by atoms with E-state index in [-0.39, 0.29) is 12.3 Å². The number of pyridine rings is 1. The Morgan fingerprint density at radius 2 is 1.77 bits per heavy atom.